The van der Waals surface area contributed by atoms with Gasteiger partial charge < -0.3 is 23.7 Å². The predicted molar refractivity (Wildman–Crippen MR) is 132 cm³/mol. The van der Waals surface area contributed by atoms with E-state index in [0.29, 0.717) is 39.7 Å². The second-order valence-corrected chi connectivity index (χ2v) is 9.18. The lowest BCUT2D eigenvalue weighted by molar-refractivity contribution is 0.0729. The van der Waals surface area contributed by atoms with E-state index in [-0.39, 0.29) is 11.5 Å². The Hall–Kier alpha value is -3.98. The molecule has 0 unspecified atom stereocenters. The number of methoxy groups -OCH3 is 4. The number of benzene rings is 3. The first kappa shape index (κ1) is 25.6. The monoisotopic (exact) mass is 498 g/mol. The highest BCUT2D eigenvalue weighted by Gasteiger charge is 2.17. The predicted octanol–water partition coefficient (Wildman–Crippen LogP) is 4.53. The number of ether oxygens (including phenoxy) is 5. The Balaban J connectivity index is 1.85. The molecule has 0 saturated carbocycles. The minimum atomic E-state index is -3.72. The third kappa shape index (κ3) is 6.54. The summed E-state index contributed by atoms with van der Waals surface area (Å²) in [7, 11) is 2.16. The van der Waals surface area contributed by atoms with Crippen molar-refractivity contribution in [3.63, 3.8) is 0 Å². The molecule has 3 aromatic carbocycles. The number of rotatable bonds is 10. The number of esters is 1. The summed E-state index contributed by atoms with van der Waals surface area (Å²) >= 11 is 0. The molecule has 0 radical (unpaired) electrons. The molecule has 0 saturated heterocycles. The molecule has 0 aliphatic heterocycles. The minimum Gasteiger partial charge on any atom is -0.496 e. The maximum atomic E-state index is 12.9. The molecule has 0 spiro atoms. The number of carbonyl (C=O) groups excluding carboxylic acids is 1. The van der Waals surface area contributed by atoms with Gasteiger partial charge in [-0.25, -0.2) is 13.2 Å². The second-order valence-electron chi connectivity index (χ2n) is 7.30. The summed E-state index contributed by atoms with van der Waals surface area (Å²) in [4.78, 5) is 12.5. The average molecular weight is 499 g/mol. The van der Waals surface area contributed by atoms with E-state index in [1.54, 1.807) is 54.6 Å². The van der Waals surface area contributed by atoms with Crippen molar-refractivity contribution in [1.82, 2.24) is 0 Å². The first-order valence-corrected chi connectivity index (χ1v) is 12.2. The van der Waals surface area contributed by atoms with Crippen LogP contribution >= 0.6 is 0 Å². The molecule has 8 nitrogen and oxygen atoms in total. The molecule has 0 bridgehead atoms. The van der Waals surface area contributed by atoms with Crippen LogP contribution in [0.3, 0.4) is 0 Å². The van der Waals surface area contributed by atoms with Crippen LogP contribution in [-0.4, -0.2) is 42.8 Å². The molecule has 0 heterocycles. The zero-order chi connectivity index (χ0) is 25.4. The fourth-order valence-electron chi connectivity index (χ4n) is 3.27. The molecule has 0 fully saturated rings. The number of hydrogen-bond acceptors (Lipinski definition) is 8. The molecule has 3 aromatic rings. The fourth-order valence-corrected chi connectivity index (χ4v) is 4.36. The lowest BCUT2D eigenvalue weighted by Crippen LogP contribution is -2.09. The Labute approximate surface area is 204 Å². The third-order valence-electron chi connectivity index (χ3n) is 5.00. The molecule has 9 heteroatoms. The van der Waals surface area contributed by atoms with Crippen molar-refractivity contribution in [3.05, 3.63) is 82.8 Å². The van der Waals surface area contributed by atoms with Crippen LogP contribution in [0, 0.1) is 0 Å². The summed E-state index contributed by atoms with van der Waals surface area (Å²) < 4.78 is 52.4. The molecule has 0 aliphatic carbocycles. The van der Waals surface area contributed by atoms with E-state index >= 15 is 0 Å². The van der Waals surface area contributed by atoms with Gasteiger partial charge in [0.25, 0.3) is 0 Å². The molecule has 0 aromatic heterocycles. The van der Waals surface area contributed by atoms with Crippen LogP contribution in [0.15, 0.2) is 66.1 Å². The van der Waals surface area contributed by atoms with Crippen molar-refractivity contribution in [2.24, 2.45) is 0 Å². The van der Waals surface area contributed by atoms with Crippen LogP contribution in [0.5, 0.6) is 28.7 Å². The highest BCUT2D eigenvalue weighted by molar-refractivity contribution is 7.93. The van der Waals surface area contributed by atoms with Gasteiger partial charge in [-0.05, 0) is 35.9 Å². The number of hydrogen-bond donors (Lipinski definition) is 0. The molecular formula is C26H26O8S. The van der Waals surface area contributed by atoms with Crippen LogP contribution in [0.2, 0.25) is 0 Å². The van der Waals surface area contributed by atoms with Crippen LogP contribution in [0.4, 0.5) is 0 Å². The summed E-state index contributed by atoms with van der Waals surface area (Å²) in [6, 6.07) is 16.3. The van der Waals surface area contributed by atoms with Crippen LogP contribution in [-0.2, 0) is 15.6 Å². The first-order chi connectivity index (χ1) is 16.8. The summed E-state index contributed by atoms with van der Waals surface area (Å²) in [6.45, 7) is 0. The Morgan fingerprint density at radius 2 is 1.40 bits per heavy atom. The summed E-state index contributed by atoms with van der Waals surface area (Å²) in [5.74, 6) is 0.816. The Bertz CT molecular complexity index is 1290. The van der Waals surface area contributed by atoms with Gasteiger partial charge in [0.1, 0.15) is 17.2 Å². The second kappa shape index (κ2) is 11.4. The van der Waals surface area contributed by atoms with Crippen LogP contribution < -0.4 is 23.7 Å². The molecule has 0 N–H and O–H groups in total. The zero-order valence-electron chi connectivity index (χ0n) is 19.8. The quantitative estimate of drug-likeness (QED) is 0.297. The van der Waals surface area contributed by atoms with E-state index in [1.807, 2.05) is 0 Å². The normalized spacial score (nSPS) is 11.2. The van der Waals surface area contributed by atoms with Crippen molar-refractivity contribution in [3.8, 4) is 28.7 Å². The van der Waals surface area contributed by atoms with Crippen molar-refractivity contribution < 1.29 is 36.9 Å². The summed E-state index contributed by atoms with van der Waals surface area (Å²) in [6.07, 6.45) is 1.41. The summed E-state index contributed by atoms with van der Waals surface area (Å²) in [5.41, 5.74) is 1.23. The fraction of sp³-hybridized carbons (Fsp3) is 0.192. The highest BCUT2D eigenvalue weighted by atomic mass is 32.2. The Kier molecular flexibility index (Phi) is 8.38. The average Bonchev–Trinajstić information content (AvgIpc) is 2.87. The lowest BCUT2D eigenvalue weighted by atomic mass is 10.1. The van der Waals surface area contributed by atoms with Gasteiger partial charge in [0, 0.05) is 17.5 Å². The third-order valence-corrected chi connectivity index (χ3v) is 6.29. The molecule has 0 amide bonds. The van der Waals surface area contributed by atoms with E-state index in [4.69, 9.17) is 23.7 Å². The first-order valence-electron chi connectivity index (χ1n) is 10.4. The summed E-state index contributed by atoms with van der Waals surface area (Å²) in [5, 5.41) is 1.08. The minimum absolute atomic E-state index is 0.122. The van der Waals surface area contributed by atoms with Crippen molar-refractivity contribution in [2.45, 2.75) is 5.75 Å². The van der Waals surface area contributed by atoms with Gasteiger partial charge in [-0.1, -0.05) is 24.3 Å². The highest BCUT2D eigenvalue weighted by Crippen LogP contribution is 2.35. The largest absolute Gasteiger partial charge is 0.496 e. The lowest BCUT2D eigenvalue weighted by Gasteiger charge is -2.13. The standard InChI is InChI=1S/C26H26O8S/c1-30-20-15-23(32-3)21(24(16-20)33-4)12-13-35(28,29)17-18-10-11-22(31-2)25(14-18)34-26(27)19-8-6-5-7-9-19/h5-16H,17H2,1-4H3/b13-12+. The van der Waals surface area contributed by atoms with Gasteiger partial charge in [0.15, 0.2) is 21.3 Å². The number of carbonyl (C=O) groups is 1. The topological polar surface area (TPSA) is 97.4 Å². The Morgan fingerprint density at radius 1 is 0.771 bits per heavy atom. The Morgan fingerprint density at radius 3 is 1.97 bits per heavy atom. The van der Waals surface area contributed by atoms with Crippen molar-refractivity contribution in [2.75, 3.05) is 28.4 Å². The molecular weight excluding hydrogens is 472 g/mol. The van der Waals surface area contributed by atoms with E-state index in [0.717, 1.165) is 5.41 Å². The SMILES string of the molecule is COc1cc(OC)c(/C=C/S(=O)(=O)Cc2ccc(OC)c(OC(=O)c3ccccc3)c2)c(OC)c1. The van der Waals surface area contributed by atoms with Gasteiger partial charge in [-0.2, -0.15) is 0 Å². The van der Waals surface area contributed by atoms with Gasteiger partial charge in [-0.3, -0.25) is 0 Å². The molecule has 0 aliphatic rings. The molecule has 35 heavy (non-hydrogen) atoms. The maximum absolute atomic E-state index is 12.9. The van der Waals surface area contributed by atoms with Gasteiger partial charge in [0.05, 0.1) is 45.3 Å². The van der Waals surface area contributed by atoms with Crippen molar-refractivity contribution >= 4 is 21.9 Å². The van der Waals surface area contributed by atoms with Gasteiger partial charge in [0.2, 0.25) is 0 Å². The zero-order valence-corrected chi connectivity index (χ0v) is 20.6. The van der Waals surface area contributed by atoms with Crippen molar-refractivity contribution in [1.29, 1.82) is 0 Å². The van der Waals surface area contributed by atoms with Crippen LogP contribution in [0.1, 0.15) is 21.5 Å². The smallest absolute Gasteiger partial charge is 0.343 e. The van der Waals surface area contributed by atoms with E-state index in [2.05, 4.69) is 0 Å². The molecule has 184 valence electrons. The molecule has 0 atom stereocenters. The van der Waals surface area contributed by atoms with E-state index in [9.17, 15) is 13.2 Å². The molecule has 3 rings (SSSR count). The van der Waals surface area contributed by atoms with Crippen LogP contribution in [0.25, 0.3) is 6.08 Å². The van der Waals surface area contributed by atoms with Gasteiger partial charge in [-0.15, -0.1) is 0 Å². The van der Waals surface area contributed by atoms with E-state index in [1.165, 1.54) is 40.6 Å². The number of sulfone groups is 1. The maximum Gasteiger partial charge on any atom is 0.343 e. The van der Waals surface area contributed by atoms with Gasteiger partial charge >= 0.3 is 5.97 Å². The van der Waals surface area contributed by atoms with E-state index < -0.39 is 15.8 Å².